The predicted octanol–water partition coefficient (Wildman–Crippen LogP) is 2.04. The van der Waals surface area contributed by atoms with Gasteiger partial charge in [0.1, 0.15) is 11.2 Å². The van der Waals surface area contributed by atoms with E-state index in [0.29, 0.717) is 0 Å². The topological polar surface area (TPSA) is 81.7 Å². The van der Waals surface area contributed by atoms with Gasteiger partial charge in [-0.15, -0.1) is 0 Å². The molecule has 0 saturated carbocycles. The van der Waals surface area contributed by atoms with Crippen LogP contribution in [0.4, 0.5) is 0 Å². The fraction of sp³-hybridized carbons (Fsp3) is 0.611. The van der Waals surface area contributed by atoms with E-state index in [0.717, 1.165) is 0 Å². The lowest BCUT2D eigenvalue weighted by Crippen LogP contribution is -2.61. The summed E-state index contributed by atoms with van der Waals surface area (Å²) in [6.07, 6.45) is 3.01. The molecule has 1 amide bonds. The monoisotopic (exact) mass is 335 g/mol. The Bertz CT molecular complexity index is 660. The molecule has 2 rings (SSSR count). The lowest BCUT2D eigenvalue weighted by Gasteiger charge is -2.49. The van der Waals surface area contributed by atoms with Gasteiger partial charge in [0.25, 0.3) is 0 Å². The highest BCUT2D eigenvalue weighted by Crippen LogP contribution is 2.50. The van der Waals surface area contributed by atoms with E-state index in [1.165, 1.54) is 6.08 Å². The molecule has 6 nitrogen and oxygen atoms in total. The second-order valence-electron chi connectivity index (χ2n) is 8.35. The van der Waals surface area contributed by atoms with Gasteiger partial charge in [-0.2, -0.15) is 0 Å². The Morgan fingerprint density at radius 1 is 1.04 bits per heavy atom. The molecule has 2 atom stereocenters. The first kappa shape index (κ1) is 18.2. The molecule has 0 aromatic heterocycles. The third-order valence-corrected chi connectivity index (χ3v) is 3.79. The van der Waals surface area contributed by atoms with E-state index < -0.39 is 34.6 Å². The van der Waals surface area contributed by atoms with E-state index in [1.54, 1.807) is 54.5 Å². The summed E-state index contributed by atoms with van der Waals surface area (Å²) >= 11 is 0. The highest BCUT2D eigenvalue weighted by Gasteiger charge is 2.58. The van der Waals surface area contributed by atoms with Crippen LogP contribution in [0, 0.1) is 5.41 Å². The van der Waals surface area contributed by atoms with Gasteiger partial charge in [0, 0.05) is 5.41 Å². The van der Waals surface area contributed by atoms with Crippen LogP contribution in [0.2, 0.25) is 0 Å². The molecule has 0 bridgehead atoms. The van der Waals surface area contributed by atoms with Crippen molar-refractivity contribution in [1.29, 1.82) is 0 Å². The minimum Gasteiger partial charge on any atom is -0.457 e. The molecule has 132 valence electrons. The first-order valence-corrected chi connectivity index (χ1v) is 7.96. The average molecular weight is 335 g/mol. The van der Waals surface area contributed by atoms with Gasteiger partial charge in [0.05, 0.1) is 17.2 Å². The molecular weight excluding hydrogens is 310 g/mol. The van der Waals surface area contributed by atoms with Gasteiger partial charge in [-0.1, -0.05) is 6.08 Å². The number of rotatable bonds is 2. The summed E-state index contributed by atoms with van der Waals surface area (Å²) in [5.74, 6) is -1.48. The molecule has 0 saturated heterocycles. The molecule has 0 aromatic rings. The van der Waals surface area contributed by atoms with Crippen molar-refractivity contribution in [3.63, 3.8) is 0 Å². The summed E-state index contributed by atoms with van der Waals surface area (Å²) in [7, 11) is 0. The number of amides is 1. The van der Waals surface area contributed by atoms with Crippen molar-refractivity contribution in [3.8, 4) is 0 Å². The third-order valence-electron chi connectivity index (χ3n) is 3.79. The van der Waals surface area contributed by atoms with Crippen LogP contribution in [0.3, 0.4) is 0 Å². The second-order valence-corrected chi connectivity index (χ2v) is 8.35. The molecular formula is C18H25NO5. The minimum atomic E-state index is -0.775. The van der Waals surface area contributed by atoms with Crippen LogP contribution >= 0.6 is 0 Å². The van der Waals surface area contributed by atoms with Gasteiger partial charge in [-0.05, 0) is 54.5 Å². The van der Waals surface area contributed by atoms with Crippen LogP contribution in [-0.2, 0) is 23.9 Å². The van der Waals surface area contributed by atoms with Crippen LogP contribution < -0.4 is 5.32 Å². The number of ether oxygens (including phenoxy) is 2. The highest BCUT2D eigenvalue weighted by atomic mass is 16.6. The molecule has 6 heteroatoms. The molecule has 0 fully saturated rings. The number of hydrogen-bond acceptors (Lipinski definition) is 5. The van der Waals surface area contributed by atoms with Crippen LogP contribution in [0.15, 0.2) is 23.3 Å². The summed E-state index contributed by atoms with van der Waals surface area (Å²) in [6.45, 7) is 12.3. The van der Waals surface area contributed by atoms with Crippen molar-refractivity contribution in [3.05, 3.63) is 23.3 Å². The van der Waals surface area contributed by atoms with Crippen molar-refractivity contribution in [2.24, 2.45) is 5.41 Å². The van der Waals surface area contributed by atoms with E-state index in [-0.39, 0.29) is 17.1 Å². The van der Waals surface area contributed by atoms with Crippen LogP contribution in [-0.4, -0.2) is 35.1 Å². The van der Waals surface area contributed by atoms with Gasteiger partial charge in [0.2, 0.25) is 5.91 Å². The summed E-state index contributed by atoms with van der Waals surface area (Å²) in [5.41, 5.74) is -1.76. The summed E-state index contributed by atoms with van der Waals surface area (Å²) in [6, 6.07) is -0.590. The Morgan fingerprint density at radius 3 is 2.04 bits per heavy atom. The number of hydrogen-bond donors (Lipinski definition) is 1. The van der Waals surface area contributed by atoms with E-state index in [2.05, 4.69) is 5.32 Å². The molecule has 0 radical (unpaired) electrons. The van der Waals surface area contributed by atoms with E-state index in [9.17, 15) is 14.4 Å². The number of fused-ring (bicyclic) bond motifs is 1. The van der Waals surface area contributed by atoms with Crippen LogP contribution in [0.5, 0.6) is 0 Å². The molecule has 0 spiro atoms. The largest absolute Gasteiger partial charge is 0.457 e. The maximum atomic E-state index is 12.6. The zero-order valence-electron chi connectivity index (χ0n) is 15.3. The van der Waals surface area contributed by atoms with Gasteiger partial charge in [-0.3, -0.25) is 4.79 Å². The van der Waals surface area contributed by atoms with Crippen molar-refractivity contribution in [1.82, 2.24) is 5.32 Å². The van der Waals surface area contributed by atoms with E-state index in [1.807, 2.05) is 0 Å². The first-order chi connectivity index (χ1) is 10.7. The van der Waals surface area contributed by atoms with Gasteiger partial charge < -0.3 is 14.8 Å². The Kier molecular flexibility index (Phi) is 4.15. The van der Waals surface area contributed by atoms with Crippen molar-refractivity contribution >= 4 is 17.8 Å². The zero-order valence-corrected chi connectivity index (χ0v) is 15.3. The lowest BCUT2D eigenvalue weighted by atomic mass is 9.59. The standard InChI is InChI=1S/C18H25NO5/c1-16(2,3)23-14(21)11-12(15(22)24-17(4,5)6)18(7)9-8-10(20)19-13(11)18/h8-9,13H,1-7H3,(H,19,20)/t13-,18+/m1/s1. The van der Waals surface area contributed by atoms with Crippen LogP contribution in [0.1, 0.15) is 48.5 Å². The van der Waals surface area contributed by atoms with Gasteiger partial charge in [0.15, 0.2) is 0 Å². The maximum Gasteiger partial charge on any atom is 0.337 e. The van der Waals surface area contributed by atoms with E-state index in [4.69, 9.17) is 9.47 Å². The Morgan fingerprint density at radius 2 is 1.54 bits per heavy atom. The van der Waals surface area contributed by atoms with Gasteiger partial charge in [-0.25, -0.2) is 9.59 Å². The Labute approximate surface area is 142 Å². The molecule has 0 aromatic carbocycles. The Balaban J connectivity index is 2.46. The molecule has 1 heterocycles. The molecule has 24 heavy (non-hydrogen) atoms. The number of carbonyl (C=O) groups excluding carboxylic acids is 3. The smallest absolute Gasteiger partial charge is 0.337 e. The molecule has 1 N–H and O–H groups in total. The number of carbonyl (C=O) groups is 3. The van der Waals surface area contributed by atoms with Gasteiger partial charge >= 0.3 is 11.9 Å². The number of nitrogens with one attached hydrogen (secondary N) is 1. The zero-order chi connectivity index (χ0) is 18.5. The van der Waals surface area contributed by atoms with Crippen molar-refractivity contribution in [2.45, 2.75) is 65.7 Å². The quantitative estimate of drug-likeness (QED) is 0.781. The summed E-state index contributed by atoms with van der Waals surface area (Å²) in [5, 5.41) is 2.73. The second kappa shape index (κ2) is 5.46. The molecule has 1 aliphatic carbocycles. The molecule has 0 unspecified atom stereocenters. The van der Waals surface area contributed by atoms with Crippen molar-refractivity contribution < 1.29 is 23.9 Å². The average Bonchev–Trinajstić information content (AvgIpc) is 2.33. The van der Waals surface area contributed by atoms with Crippen LogP contribution in [0.25, 0.3) is 0 Å². The fourth-order valence-corrected chi connectivity index (χ4v) is 2.85. The first-order valence-electron chi connectivity index (χ1n) is 7.96. The van der Waals surface area contributed by atoms with E-state index >= 15 is 0 Å². The highest BCUT2D eigenvalue weighted by molar-refractivity contribution is 6.09. The van der Waals surface area contributed by atoms with Crippen molar-refractivity contribution in [2.75, 3.05) is 0 Å². The fourth-order valence-electron chi connectivity index (χ4n) is 2.85. The Hall–Kier alpha value is -2.11. The maximum absolute atomic E-state index is 12.6. The normalized spacial score (nSPS) is 26.3. The predicted molar refractivity (Wildman–Crippen MR) is 87.9 cm³/mol. The summed E-state index contributed by atoms with van der Waals surface area (Å²) < 4.78 is 10.8. The summed E-state index contributed by atoms with van der Waals surface area (Å²) in [4.78, 5) is 36.9. The molecule has 1 aliphatic heterocycles. The molecule has 2 aliphatic rings. The third kappa shape index (κ3) is 3.37. The number of esters is 2. The lowest BCUT2D eigenvalue weighted by molar-refractivity contribution is -0.157. The minimum absolute atomic E-state index is 0.166. The SMILES string of the molecule is CC(C)(C)OC(=O)C1=C(C(=O)OC(C)(C)C)[C@]2(C)C=CC(=O)N[C@H]12.